The molecular weight excluding hydrogens is 302 g/mol. The molecule has 0 atom stereocenters. The second-order valence-corrected chi connectivity index (χ2v) is 4.52. The van der Waals surface area contributed by atoms with Crippen molar-refractivity contribution in [1.29, 1.82) is 0 Å². The molecule has 0 aliphatic carbocycles. The minimum Gasteiger partial charge on any atom is -0.480 e. The third kappa shape index (κ3) is 4.85. The number of rotatable bonds is 6. The molecule has 18 heavy (non-hydrogen) atoms. The summed E-state index contributed by atoms with van der Waals surface area (Å²) >= 11 is 3.36. The van der Waals surface area contributed by atoms with Crippen molar-refractivity contribution in [1.82, 2.24) is 5.32 Å². The third-order valence-electron chi connectivity index (χ3n) is 2.18. The highest BCUT2D eigenvalue weighted by Crippen LogP contribution is 2.16. The molecule has 1 amide bonds. The third-order valence-corrected chi connectivity index (χ3v) is 3.07. The first-order chi connectivity index (χ1) is 8.50. The van der Waals surface area contributed by atoms with E-state index in [4.69, 9.17) is 9.84 Å². The molecule has 0 aromatic heterocycles. The van der Waals surface area contributed by atoms with Gasteiger partial charge in [-0.25, -0.2) is 4.79 Å². The van der Waals surface area contributed by atoms with Gasteiger partial charge in [0.15, 0.2) is 0 Å². The Morgan fingerprint density at radius 1 is 1.44 bits per heavy atom. The zero-order chi connectivity index (χ0) is 13.5. The average Bonchev–Trinajstić information content (AvgIpc) is 2.31. The van der Waals surface area contributed by atoms with Crippen molar-refractivity contribution < 1.29 is 19.4 Å². The summed E-state index contributed by atoms with van der Waals surface area (Å²) in [6, 6.07) is 5.30. The fraction of sp³-hybridized carbons (Fsp3) is 0.333. The fourth-order valence-electron chi connectivity index (χ4n) is 1.28. The smallest absolute Gasteiger partial charge is 0.329 e. The summed E-state index contributed by atoms with van der Waals surface area (Å²) in [5.41, 5.74) is 1.54. The summed E-state index contributed by atoms with van der Waals surface area (Å²) in [4.78, 5) is 21.9. The minimum absolute atomic E-state index is 0.174. The molecule has 0 bridgehead atoms. The molecular formula is C12H14BrNO4. The van der Waals surface area contributed by atoms with E-state index in [9.17, 15) is 9.59 Å². The lowest BCUT2D eigenvalue weighted by atomic mass is 10.1. The number of carbonyl (C=O) groups excluding carboxylic acids is 1. The summed E-state index contributed by atoms with van der Waals surface area (Å²) < 4.78 is 5.75. The van der Waals surface area contributed by atoms with Gasteiger partial charge in [0.2, 0.25) is 0 Å². The van der Waals surface area contributed by atoms with Crippen molar-refractivity contribution in [2.24, 2.45) is 0 Å². The van der Waals surface area contributed by atoms with Gasteiger partial charge in [-0.2, -0.15) is 0 Å². The molecule has 5 nitrogen and oxygen atoms in total. The standard InChI is InChI=1S/C12H14BrNO4/c1-8-6-9(2-3-10(8)13)12(17)14-4-5-18-7-11(15)16/h2-3,6H,4-5,7H2,1H3,(H,14,17)(H,15,16). The molecule has 0 heterocycles. The molecule has 6 heteroatoms. The Balaban J connectivity index is 2.36. The monoisotopic (exact) mass is 315 g/mol. The number of amides is 1. The highest BCUT2D eigenvalue weighted by atomic mass is 79.9. The van der Waals surface area contributed by atoms with Gasteiger partial charge in [0.1, 0.15) is 6.61 Å². The molecule has 98 valence electrons. The lowest BCUT2D eigenvalue weighted by Crippen LogP contribution is -2.28. The number of benzene rings is 1. The first kappa shape index (κ1) is 14.7. The van der Waals surface area contributed by atoms with E-state index in [-0.39, 0.29) is 25.7 Å². The van der Waals surface area contributed by atoms with Crippen LogP contribution in [0.15, 0.2) is 22.7 Å². The number of carbonyl (C=O) groups is 2. The normalized spacial score (nSPS) is 10.1. The summed E-state index contributed by atoms with van der Waals surface area (Å²) in [6.45, 7) is 2.00. The number of aryl methyl sites for hydroxylation is 1. The van der Waals surface area contributed by atoms with E-state index in [0.717, 1.165) is 10.0 Å². The van der Waals surface area contributed by atoms with E-state index in [1.165, 1.54) is 0 Å². The lowest BCUT2D eigenvalue weighted by molar-refractivity contribution is -0.142. The van der Waals surface area contributed by atoms with Crippen LogP contribution >= 0.6 is 15.9 Å². The molecule has 1 aromatic rings. The molecule has 0 radical (unpaired) electrons. The van der Waals surface area contributed by atoms with Gasteiger partial charge in [0.05, 0.1) is 6.61 Å². The lowest BCUT2D eigenvalue weighted by Gasteiger charge is -2.06. The van der Waals surface area contributed by atoms with Gasteiger partial charge in [-0.05, 0) is 30.7 Å². The van der Waals surface area contributed by atoms with Crippen molar-refractivity contribution >= 4 is 27.8 Å². The van der Waals surface area contributed by atoms with Gasteiger partial charge in [-0.3, -0.25) is 4.79 Å². The minimum atomic E-state index is -1.02. The van der Waals surface area contributed by atoms with Crippen LogP contribution in [0.25, 0.3) is 0 Å². The van der Waals surface area contributed by atoms with Crippen molar-refractivity contribution in [3.63, 3.8) is 0 Å². The Kier molecular flexibility index (Phi) is 5.80. The van der Waals surface area contributed by atoms with Gasteiger partial charge in [0.25, 0.3) is 5.91 Å². The van der Waals surface area contributed by atoms with Crippen LogP contribution < -0.4 is 5.32 Å². The maximum Gasteiger partial charge on any atom is 0.329 e. The van der Waals surface area contributed by atoms with Crippen LogP contribution in [0.4, 0.5) is 0 Å². The van der Waals surface area contributed by atoms with Crippen molar-refractivity contribution in [2.75, 3.05) is 19.8 Å². The summed E-state index contributed by atoms with van der Waals surface area (Å²) in [5, 5.41) is 11.0. The van der Waals surface area contributed by atoms with E-state index in [0.29, 0.717) is 5.56 Å². The molecule has 0 unspecified atom stereocenters. The Morgan fingerprint density at radius 3 is 2.78 bits per heavy atom. The van der Waals surface area contributed by atoms with E-state index >= 15 is 0 Å². The van der Waals surface area contributed by atoms with E-state index in [2.05, 4.69) is 21.2 Å². The SMILES string of the molecule is Cc1cc(C(=O)NCCOCC(=O)O)ccc1Br. The number of carboxylic acid groups (broad SMARTS) is 1. The quantitative estimate of drug-likeness (QED) is 0.782. The molecule has 0 spiro atoms. The molecule has 2 N–H and O–H groups in total. The first-order valence-corrected chi connectivity index (χ1v) is 6.14. The van der Waals surface area contributed by atoms with Crippen molar-refractivity contribution in [2.45, 2.75) is 6.92 Å². The number of halogens is 1. The number of hydrogen-bond acceptors (Lipinski definition) is 3. The second-order valence-electron chi connectivity index (χ2n) is 3.67. The number of nitrogens with one attached hydrogen (secondary N) is 1. The Hall–Kier alpha value is -1.40. The van der Waals surface area contributed by atoms with Crippen LogP contribution in [0.2, 0.25) is 0 Å². The van der Waals surface area contributed by atoms with Crippen LogP contribution in [0.3, 0.4) is 0 Å². The highest BCUT2D eigenvalue weighted by molar-refractivity contribution is 9.10. The topological polar surface area (TPSA) is 75.6 Å². The van der Waals surface area contributed by atoms with Gasteiger partial charge in [-0.15, -0.1) is 0 Å². The second kappa shape index (κ2) is 7.13. The number of carboxylic acids is 1. The number of aliphatic carboxylic acids is 1. The van der Waals surface area contributed by atoms with Crippen LogP contribution in [0, 0.1) is 6.92 Å². The average molecular weight is 316 g/mol. The Labute approximate surface area is 113 Å². The molecule has 0 aliphatic heterocycles. The van der Waals surface area contributed by atoms with Crippen LogP contribution in [0.5, 0.6) is 0 Å². The van der Waals surface area contributed by atoms with Crippen LogP contribution in [-0.2, 0) is 9.53 Å². The van der Waals surface area contributed by atoms with E-state index in [1.807, 2.05) is 13.0 Å². The fourth-order valence-corrected chi connectivity index (χ4v) is 1.53. The summed E-state index contributed by atoms with van der Waals surface area (Å²) in [5.74, 6) is -1.23. The predicted molar refractivity (Wildman–Crippen MR) is 69.7 cm³/mol. The van der Waals surface area contributed by atoms with E-state index < -0.39 is 5.97 Å². The zero-order valence-corrected chi connectivity index (χ0v) is 11.5. The molecule has 0 fully saturated rings. The van der Waals surface area contributed by atoms with Crippen LogP contribution in [-0.4, -0.2) is 36.7 Å². The molecule has 0 aliphatic rings. The van der Waals surface area contributed by atoms with Gasteiger partial charge in [0, 0.05) is 16.6 Å². The first-order valence-electron chi connectivity index (χ1n) is 5.34. The molecule has 1 rings (SSSR count). The van der Waals surface area contributed by atoms with Crippen molar-refractivity contribution in [3.05, 3.63) is 33.8 Å². The Bertz CT molecular complexity index is 448. The van der Waals surface area contributed by atoms with Gasteiger partial charge >= 0.3 is 5.97 Å². The molecule has 0 saturated heterocycles. The number of ether oxygens (including phenoxy) is 1. The summed E-state index contributed by atoms with van der Waals surface area (Å²) in [7, 11) is 0. The van der Waals surface area contributed by atoms with Crippen LogP contribution in [0.1, 0.15) is 15.9 Å². The summed E-state index contributed by atoms with van der Waals surface area (Å²) in [6.07, 6.45) is 0. The maximum atomic E-state index is 11.7. The predicted octanol–water partition coefficient (Wildman–Crippen LogP) is 1.59. The highest BCUT2D eigenvalue weighted by Gasteiger charge is 2.06. The van der Waals surface area contributed by atoms with Gasteiger partial charge < -0.3 is 15.2 Å². The van der Waals surface area contributed by atoms with Crippen molar-refractivity contribution in [3.8, 4) is 0 Å². The number of hydrogen-bond donors (Lipinski definition) is 2. The van der Waals surface area contributed by atoms with Gasteiger partial charge in [-0.1, -0.05) is 15.9 Å². The Morgan fingerprint density at radius 2 is 2.17 bits per heavy atom. The maximum absolute atomic E-state index is 11.7. The zero-order valence-electron chi connectivity index (χ0n) is 9.90. The molecule has 0 saturated carbocycles. The molecule has 1 aromatic carbocycles. The van der Waals surface area contributed by atoms with E-state index in [1.54, 1.807) is 12.1 Å². The largest absolute Gasteiger partial charge is 0.480 e.